The highest BCUT2D eigenvalue weighted by atomic mass is 32.1. The normalized spacial score (nSPS) is 16.7. The number of thiophene rings is 1. The molecule has 0 atom stereocenters. The molecule has 4 rings (SSSR count). The standard InChI is InChI=1S/C18H18N2OS2/c21-17(13-5-6-14-15(10-13)23-12-20-14)19-11-18(7-1-2-8-18)16-4-3-9-22-16/h3-6,9-10,12H,1-2,7-8,11H2,(H,19,21). The van der Waals surface area contributed by atoms with Crippen LogP contribution in [0.5, 0.6) is 0 Å². The lowest BCUT2D eigenvalue weighted by molar-refractivity contribution is 0.0943. The third kappa shape index (κ3) is 2.79. The van der Waals surface area contributed by atoms with Gasteiger partial charge in [0.15, 0.2) is 0 Å². The van der Waals surface area contributed by atoms with Crippen molar-refractivity contribution < 1.29 is 4.79 Å². The fourth-order valence-electron chi connectivity index (χ4n) is 3.49. The highest BCUT2D eigenvalue weighted by Gasteiger charge is 2.36. The van der Waals surface area contributed by atoms with Crippen molar-refractivity contribution >= 4 is 38.8 Å². The van der Waals surface area contributed by atoms with Gasteiger partial charge in [-0.05, 0) is 42.5 Å². The number of nitrogens with one attached hydrogen (secondary N) is 1. The fourth-order valence-corrected chi connectivity index (χ4v) is 5.19. The zero-order valence-corrected chi connectivity index (χ0v) is 14.4. The maximum Gasteiger partial charge on any atom is 0.251 e. The SMILES string of the molecule is O=C(NCC1(c2cccs2)CCCC1)c1ccc2ncsc2c1. The quantitative estimate of drug-likeness (QED) is 0.753. The van der Waals surface area contributed by atoms with Gasteiger partial charge in [0.25, 0.3) is 5.91 Å². The molecule has 118 valence electrons. The number of rotatable bonds is 4. The lowest BCUT2D eigenvalue weighted by Crippen LogP contribution is -2.38. The molecule has 1 aliphatic carbocycles. The number of fused-ring (bicyclic) bond motifs is 1. The molecule has 3 nitrogen and oxygen atoms in total. The summed E-state index contributed by atoms with van der Waals surface area (Å²) in [4.78, 5) is 18.2. The maximum absolute atomic E-state index is 12.6. The van der Waals surface area contributed by atoms with E-state index in [9.17, 15) is 4.79 Å². The summed E-state index contributed by atoms with van der Waals surface area (Å²) in [5.41, 5.74) is 3.63. The highest BCUT2D eigenvalue weighted by Crippen LogP contribution is 2.42. The Kier molecular flexibility index (Phi) is 3.91. The van der Waals surface area contributed by atoms with E-state index >= 15 is 0 Å². The second kappa shape index (κ2) is 6.06. The topological polar surface area (TPSA) is 42.0 Å². The van der Waals surface area contributed by atoms with Crippen LogP contribution < -0.4 is 5.32 Å². The number of carbonyl (C=O) groups excluding carboxylic acids is 1. The molecule has 5 heteroatoms. The van der Waals surface area contributed by atoms with E-state index in [1.165, 1.54) is 30.6 Å². The van der Waals surface area contributed by atoms with Gasteiger partial charge in [0.1, 0.15) is 0 Å². The molecule has 0 saturated heterocycles. The lowest BCUT2D eigenvalue weighted by Gasteiger charge is -2.28. The minimum Gasteiger partial charge on any atom is -0.351 e. The number of hydrogen-bond acceptors (Lipinski definition) is 4. The van der Waals surface area contributed by atoms with Gasteiger partial charge in [-0.3, -0.25) is 4.79 Å². The molecule has 0 radical (unpaired) electrons. The first-order valence-electron chi connectivity index (χ1n) is 7.92. The monoisotopic (exact) mass is 342 g/mol. The van der Waals surface area contributed by atoms with Crippen molar-refractivity contribution in [3.63, 3.8) is 0 Å². The number of amides is 1. The first-order valence-corrected chi connectivity index (χ1v) is 9.68. The Bertz CT molecular complexity index is 817. The molecule has 0 unspecified atom stereocenters. The summed E-state index contributed by atoms with van der Waals surface area (Å²) < 4.78 is 1.06. The third-order valence-electron chi connectivity index (χ3n) is 4.79. The van der Waals surface area contributed by atoms with Crippen LogP contribution in [-0.2, 0) is 5.41 Å². The number of nitrogens with zero attached hydrogens (tertiary/aromatic N) is 1. The minimum absolute atomic E-state index is 0.0168. The molecule has 1 amide bonds. The van der Waals surface area contributed by atoms with Gasteiger partial charge >= 0.3 is 0 Å². The third-order valence-corrected chi connectivity index (χ3v) is 6.69. The van der Waals surface area contributed by atoms with E-state index in [0.717, 1.165) is 22.3 Å². The van der Waals surface area contributed by atoms with E-state index in [4.69, 9.17) is 0 Å². The van der Waals surface area contributed by atoms with Crippen molar-refractivity contribution in [2.24, 2.45) is 0 Å². The Balaban J connectivity index is 1.52. The second-order valence-electron chi connectivity index (χ2n) is 6.18. The Labute approximate surface area is 143 Å². The summed E-state index contributed by atoms with van der Waals surface area (Å²) >= 11 is 3.38. The summed E-state index contributed by atoms with van der Waals surface area (Å²) in [5.74, 6) is 0.0168. The van der Waals surface area contributed by atoms with Gasteiger partial charge in [-0.25, -0.2) is 4.98 Å². The molecular weight excluding hydrogens is 324 g/mol. The Morgan fingerprint density at radius 2 is 2.09 bits per heavy atom. The number of benzene rings is 1. The predicted molar refractivity (Wildman–Crippen MR) is 96.4 cm³/mol. The predicted octanol–water partition coefficient (Wildman–Crippen LogP) is 4.60. The van der Waals surface area contributed by atoms with Crippen molar-refractivity contribution in [2.75, 3.05) is 6.54 Å². The van der Waals surface area contributed by atoms with Crippen LogP contribution in [0.1, 0.15) is 40.9 Å². The van der Waals surface area contributed by atoms with Crippen molar-refractivity contribution in [1.29, 1.82) is 0 Å². The molecule has 3 aromatic rings. The van der Waals surface area contributed by atoms with Crippen LogP contribution in [0.2, 0.25) is 0 Å². The summed E-state index contributed by atoms with van der Waals surface area (Å²) in [6.45, 7) is 0.729. The molecule has 0 spiro atoms. The van der Waals surface area contributed by atoms with Crippen LogP contribution in [0.4, 0.5) is 0 Å². The first kappa shape index (κ1) is 14.8. The molecule has 1 aliphatic rings. The minimum atomic E-state index is 0.0168. The highest BCUT2D eigenvalue weighted by molar-refractivity contribution is 7.16. The Morgan fingerprint density at radius 1 is 1.22 bits per heavy atom. The number of carbonyl (C=O) groups is 1. The molecule has 0 aliphatic heterocycles. The van der Waals surface area contributed by atoms with Crippen molar-refractivity contribution in [2.45, 2.75) is 31.1 Å². The zero-order chi connectivity index (χ0) is 15.7. The Morgan fingerprint density at radius 3 is 2.87 bits per heavy atom. The van der Waals surface area contributed by atoms with Crippen molar-refractivity contribution in [3.8, 4) is 0 Å². The van der Waals surface area contributed by atoms with Crippen LogP contribution in [-0.4, -0.2) is 17.4 Å². The van der Waals surface area contributed by atoms with Gasteiger partial charge in [-0.1, -0.05) is 18.9 Å². The average Bonchev–Trinajstić information content (AvgIpc) is 3.33. The van der Waals surface area contributed by atoms with Gasteiger partial charge in [0.05, 0.1) is 15.7 Å². The fraction of sp³-hybridized carbons (Fsp3) is 0.333. The zero-order valence-electron chi connectivity index (χ0n) is 12.7. The molecule has 2 aromatic heterocycles. The van der Waals surface area contributed by atoms with E-state index in [2.05, 4.69) is 27.8 Å². The average molecular weight is 342 g/mol. The maximum atomic E-state index is 12.6. The molecule has 23 heavy (non-hydrogen) atoms. The van der Waals surface area contributed by atoms with Gasteiger partial charge in [-0.15, -0.1) is 22.7 Å². The molecule has 1 N–H and O–H groups in total. The van der Waals surface area contributed by atoms with E-state index < -0.39 is 0 Å². The van der Waals surface area contributed by atoms with Gasteiger partial charge in [0, 0.05) is 22.4 Å². The molecular formula is C18H18N2OS2. The summed E-state index contributed by atoms with van der Waals surface area (Å²) in [6.07, 6.45) is 4.84. The summed E-state index contributed by atoms with van der Waals surface area (Å²) in [6, 6.07) is 10.1. The van der Waals surface area contributed by atoms with Gasteiger partial charge in [-0.2, -0.15) is 0 Å². The largest absolute Gasteiger partial charge is 0.351 e. The molecule has 1 aromatic carbocycles. The number of thiazole rings is 1. The van der Waals surface area contributed by atoms with Crippen LogP contribution in [0.15, 0.2) is 41.2 Å². The van der Waals surface area contributed by atoms with Crippen LogP contribution in [0, 0.1) is 0 Å². The summed E-state index contributed by atoms with van der Waals surface area (Å²) in [5, 5.41) is 5.31. The van der Waals surface area contributed by atoms with E-state index in [1.54, 1.807) is 11.3 Å². The van der Waals surface area contributed by atoms with E-state index in [0.29, 0.717) is 0 Å². The van der Waals surface area contributed by atoms with Crippen molar-refractivity contribution in [1.82, 2.24) is 10.3 Å². The smallest absolute Gasteiger partial charge is 0.251 e. The van der Waals surface area contributed by atoms with E-state index in [-0.39, 0.29) is 11.3 Å². The summed E-state index contributed by atoms with van der Waals surface area (Å²) in [7, 11) is 0. The molecule has 1 saturated carbocycles. The number of aromatic nitrogens is 1. The van der Waals surface area contributed by atoms with Crippen LogP contribution in [0.25, 0.3) is 10.2 Å². The number of hydrogen-bond donors (Lipinski definition) is 1. The second-order valence-corrected chi connectivity index (χ2v) is 8.02. The lowest BCUT2D eigenvalue weighted by atomic mass is 9.84. The molecule has 2 heterocycles. The van der Waals surface area contributed by atoms with Crippen LogP contribution >= 0.6 is 22.7 Å². The van der Waals surface area contributed by atoms with Crippen molar-refractivity contribution in [3.05, 3.63) is 51.7 Å². The van der Waals surface area contributed by atoms with Gasteiger partial charge in [0.2, 0.25) is 0 Å². The first-order chi connectivity index (χ1) is 11.3. The molecule has 1 fully saturated rings. The van der Waals surface area contributed by atoms with Crippen LogP contribution in [0.3, 0.4) is 0 Å². The van der Waals surface area contributed by atoms with E-state index in [1.807, 2.05) is 35.0 Å². The van der Waals surface area contributed by atoms with Gasteiger partial charge < -0.3 is 5.32 Å². The Hall–Kier alpha value is -1.72. The molecule has 0 bridgehead atoms.